The minimum absolute atomic E-state index is 0.0238. The van der Waals surface area contributed by atoms with Crippen molar-refractivity contribution in [2.24, 2.45) is 5.92 Å². The molecular formula is C22H32O6. The van der Waals surface area contributed by atoms with Crippen LogP contribution in [0.4, 0.5) is 0 Å². The van der Waals surface area contributed by atoms with Crippen LogP contribution in [0.15, 0.2) is 23.8 Å². The molecule has 0 spiro atoms. The van der Waals surface area contributed by atoms with Crippen molar-refractivity contribution in [1.29, 1.82) is 0 Å². The number of allylic oxidation sites excluding steroid dienone is 1. The maximum Gasteiger partial charge on any atom is 0.334 e. The Morgan fingerprint density at radius 1 is 1.29 bits per heavy atom. The van der Waals surface area contributed by atoms with Crippen LogP contribution in [0.2, 0.25) is 0 Å². The maximum atomic E-state index is 12.7. The van der Waals surface area contributed by atoms with E-state index in [1.807, 2.05) is 13.0 Å². The van der Waals surface area contributed by atoms with E-state index in [0.29, 0.717) is 18.4 Å². The molecule has 0 radical (unpaired) electrons. The number of carbonyl (C=O) groups excluding carboxylic acids is 2. The highest BCUT2D eigenvalue weighted by atomic mass is 16.6. The van der Waals surface area contributed by atoms with E-state index < -0.39 is 29.7 Å². The van der Waals surface area contributed by atoms with E-state index in [4.69, 9.17) is 14.2 Å². The van der Waals surface area contributed by atoms with Crippen molar-refractivity contribution in [2.45, 2.75) is 95.7 Å². The van der Waals surface area contributed by atoms with Crippen LogP contribution in [0.25, 0.3) is 0 Å². The van der Waals surface area contributed by atoms with Crippen molar-refractivity contribution in [3.05, 3.63) is 23.8 Å². The first-order valence-electron chi connectivity index (χ1n) is 10.2. The van der Waals surface area contributed by atoms with Gasteiger partial charge < -0.3 is 19.3 Å². The van der Waals surface area contributed by atoms with E-state index in [-0.39, 0.29) is 24.0 Å². The third kappa shape index (κ3) is 4.33. The number of hydrogen-bond acceptors (Lipinski definition) is 6. The molecule has 3 rings (SSSR count). The molecule has 0 aromatic heterocycles. The van der Waals surface area contributed by atoms with Crippen LogP contribution in [-0.2, 0) is 23.8 Å². The number of rotatable bonds is 1. The molecular weight excluding hydrogens is 360 g/mol. The zero-order valence-corrected chi connectivity index (χ0v) is 17.3. The molecule has 2 fully saturated rings. The normalized spacial score (nSPS) is 41.8. The van der Waals surface area contributed by atoms with E-state index in [2.05, 4.69) is 13.5 Å². The Morgan fingerprint density at radius 2 is 2.00 bits per heavy atom. The molecule has 6 heteroatoms. The summed E-state index contributed by atoms with van der Waals surface area (Å²) in [6.07, 6.45) is 4.39. The Morgan fingerprint density at radius 3 is 2.68 bits per heavy atom. The van der Waals surface area contributed by atoms with E-state index in [1.54, 1.807) is 6.92 Å². The van der Waals surface area contributed by atoms with E-state index in [9.17, 15) is 14.7 Å². The van der Waals surface area contributed by atoms with Gasteiger partial charge in [0.25, 0.3) is 0 Å². The second-order valence-corrected chi connectivity index (χ2v) is 8.95. The molecule has 0 amide bonds. The van der Waals surface area contributed by atoms with E-state index >= 15 is 0 Å². The summed E-state index contributed by atoms with van der Waals surface area (Å²) in [5.74, 6) is -0.940. The van der Waals surface area contributed by atoms with Crippen molar-refractivity contribution in [1.82, 2.24) is 0 Å². The summed E-state index contributed by atoms with van der Waals surface area (Å²) in [7, 11) is 0. The van der Waals surface area contributed by atoms with Gasteiger partial charge >= 0.3 is 11.9 Å². The molecule has 1 N–H and O–H groups in total. The molecule has 6 unspecified atom stereocenters. The van der Waals surface area contributed by atoms with Gasteiger partial charge in [-0.15, -0.1) is 0 Å². The van der Waals surface area contributed by atoms with Crippen LogP contribution >= 0.6 is 0 Å². The second kappa shape index (κ2) is 7.64. The zero-order valence-electron chi connectivity index (χ0n) is 17.3. The van der Waals surface area contributed by atoms with Crippen molar-refractivity contribution in [3.8, 4) is 0 Å². The largest absolute Gasteiger partial charge is 0.458 e. The second-order valence-electron chi connectivity index (χ2n) is 8.95. The quantitative estimate of drug-likeness (QED) is 0.319. The first-order chi connectivity index (χ1) is 13.0. The van der Waals surface area contributed by atoms with Gasteiger partial charge in [-0.25, -0.2) is 4.79 Å². The maximum absolute atomic E-state index is 12.7. The van der Waals surface area contributed by atoms with Crippen molar-refractivity contribution >= 4 is 11.9 Å². The molecule has 0 aromatic rings. The van der Waals surface area contributed by atoms with Gasteiger partial charge in [-0.2, -0.15) is 0 Å². The van der Waals surface area contributed by atoms with Crippen LogP contribution in [0.1, 0.15) is 66.2 Å². The summed E-state index contributed by atoms with van der Waals surface area (Å²) in [5, 5.41) is 10.7. The summed E-state index contributed by atoms with van der Waals surface area (Å²) in [6, 6.07) is 0. The first-order valence-corrected chi connectivity index (χ1v) is 10.2. The number of aliphatic hydroxyl groups excluding tert-OH is 1. The van der Waals surface area contributed by atoms with Gasteiger partial charge in [0.15, 0.2) is 0 Å². The summed E-state index contributed by atoms with van der Waals surface area (Å²) in [6.45, 7) is 11.1. The Bertz CT molecular complexity index is 697. The van der Waals surface area contributed by atoms with Gasteiger partial charge in [-0.05, 0) is 64.4 Å². The van der Waals surface area contributed by atoms with Gasteiger partial charge in [0.2, 0.25) is 0 Å². The van der Waals surface area contributed by atoms with Crippen LogP contribution in [-0.4, -0.2) is 46.6 Å². The van der Waals surface area contributed by atoms with Crippen LogP contribution in [0.5, 0.6) is 0 Å². The number of fused-ring (bicyclic) bond motifs is 4. The molecule has 2 aliphatic heterocycles. The van der Waals surface area contributed by atoms with Gasteiger partial charge in [0.1, 0.15) is 11.7 Å². The van der Waals surface area contributed by atoms with Gasteiger partial charge in [0, 0.05) is 18.9 Å². The third-order valence-electron chi connectivity index (χ3n) is 6.66. The van der Waals surface area contributed by atoms with E-state index in [0.717, 1.165) is 24.8 Å². The lowest BCUT2D eigenvalue weighted by Gasteiger charge is -2.36. The minimum Gasteiger partial charge on any atom is -0.458 e. The Kier molecular flexibility index (Phi) is 5.74. The van der Waals surface area contributed by atoms with Crippen LogP contribution in [0.3, 0.4) is 0 Å². The predicted octanol–water partition coefficient (Wildman–Crippen LogP) is 3.22. The summed E-state index contributed by atoms with van der Waals surface area (Å²) in [4.78, 5) is 24.4. The third-order valence-corrected chi connectivity index (χ3v) is 6.66. The van der Waals surface area contributed by atoms with Crippen molar-refractivity contribution in [3.63, 3.8) is 0 Å². The van der Waals surface area contributed by atoms with Crippen LogP contribution in [0, 0.1) is 5.92 Å². The molecule has 1 aliphatic carbocycles. The highest BCUT2D eigenvalue weighted by Crippen LogP contribution is 2.47. The lowest BCUT2D eigenvalue weighted by molar-refractivity contribution is -0.182. The monoisotopic (exact) mass is 392 g/mol. The van der Waals surface area contributed by atoms with Crippen molar-refractivity contribution < 1.29 is 28.9 Å². The van der Waals surface area contributed by atoms with Gasteiger partial charge in [-0.3, -0.25) is 4.79 Å². The smallest absolute Gasteiger partial charge is 0.334 e. The molecule has 2 heterocycles. The first kappa shape index (κ1) is 21.1. The average molecular weight is 392 g/mol. The number of epoxide rings is 1. The minimum atomic E-state index is -1.01. The van der Waals surface area contributed by atoms with Crippen LogP contribution < -0.4 is 0 Å². The lowest BCUT2D eigenvalue weighted by atomic mass is 9.82. The molecule has 0 aromatic carbocycles. The Balaban J connectivity index is 1.94. The topological polar surface area (TPSA) is 85.4 Å². The number of aliphatic hydroxyl groups is 1. The van der Waals surface area contributed by atoms with Crippen molar-refractivity contribution in [2.75, 3.05) is 0 Å². The Hall–Kier alpha value is -1.66. The molecule has 28 heavy (non-hydrogen) atoms. The highest BCUT2D eigenvalue weighted by molar-refractivity contribution is 5.89. The highest BCUT2D eigenvalue weighted by Gasteiger charge is 2.53. The molecule has 6 nitrogen and oxygen atoms in total. The number of carbonyl (C=O) groups is 2. The lowest BCUT2D eigenvalue weighted by Crippen LogP contribution is -2.47. The Labute approximate surface area is 166 Å². The SMILES string of the molecule is C=C1C(=O)OC2(C)CCC1CC1OC1(C)CCC=C(C)C(O)CC2OC(C)=O. The number of hydrogen-bond donors (Lipinski definition) is 1. The molecule has 0 saturated carbocycles. The fraction of sp³-hybridized carbons (Fsp3) is 0.727. The molecule has 2 bridgehead atoms. The van der Waals surface area contributed by atoms with Gasteiger partial charge in [-0.1, -0.05) is 12.7 Å². The van der Waals surface area contributed by atoms with Gasteiger partial charge in [0.05, 0.1) is 17.8 Å². The predicted molar refractivity (Wildman–Crippen MR) is 103 cm³/mol. The summed E-state index contributed by atoms with van der Waals surface area (Å²) >= 11 is 0. The summed E-state index contributed by atoms with van der Waals surface area (Å²) < 4.78 is 17.3. The number of esters is 2. The summed E-state index contributed by atoms with van der Waals surface area (Å²) in [5.41, 5.74) is 0.0690. The molecule has 6 atom stereocenters. The molecule has 3 aliphatic rings. The average Bonchev–Trinajstić information content (AvgIpc) is 3.26. The van der Waals surface area contributed by atoms with E-state index in [1.165, 1.54) is 6.92 Å². The molecule has 2 saturated heterocycles. The number of ether oxygens (including phenoxy) is 3. The fourth-order valence-electron chi connectivity index (χ4n) is 4.42. The fourth-order valence-corrected chi connectivity index (χ4v) is 4.42. The zero-order chi connectivity index (χ0) is 20.7. The standard InChI is InChI=1S/C22H32O6/c1-13-7-6-9-21(4)19(27-21)11-16-8-10-22(5,28-20(25)14(16)2)18(12-17(13)24)26-15(3)23/h7,16-19,24H,2,6,8-12H2,1,3-5H3. The molecule has 156 valence electrons.